The molecule has 9 heteroatoms. The Hall–Kier alpha value is -3.88. The number of urea groups is 1. The minimum Gasteiger partial charge on any atom is -0.438 e. The molecule has 0 aliphatic carbocycles. The number of likely N-dealkylation sites (tertiary alicyclic amines) is 1. The molecule has 5 nitrogen and oxygen atoms in total. The van der Waals surface area contributed by atoms with E-state index in [9.17, 15) is 22.4 Å². The number of alkyl halides is 3. The van der Waals surface area contributed by atoms with Crippen LogP contribution in [0.25, 0.3) is 22.2 Å². The quantitative estimate of drug-likeness (QED) is 0.328. The summed E-state index contributed by atoms with van der Waals surface area (Å²) in [5.41, 5.74) is 0.851. The first-order chi connectivity index (χ1) is 16.3. The van der Waals surface area contributed by atoms with Gasteiger partial charge in [-0.05, 0) is 60.4 Å². The van der Waals surface area contributed by atoms with Crippen LogP contribution in [0.5, 0.6) is 0 Å². The summed E-state index contributed by atoms with van der Waals surface area (Å²) in [7, 11) is 0. The number of nitrogens with one attached hydrogen (secondary N) is 1. The highest BCUT2D eigenvalue weighted by atomic mass is 19.4. The van der Waals surface area contributed by atoms with E-state index in [0.717, 1.165) is 12.5 Å². The maximum atomic E-state index is 13.5. The second-order valence-corrected chi connectivity index (χ2v) is 8.07. The van der Waals surface area contributed by atoms with Gasteiger partial charge in [-0.2, -0.15) is 13.2 Å². The Balaban J connectivity index is 1.43. The van der Waals surface area contributed by atoms with Gasteiger partial charge in [0.25, 0.3) is 0 Å². The molecule has 1 fully saturated rings. The van der Waals surface area contributed by atoms with E-state index < -0.39 is 29.6 Å². The molecule has 1 aromatic heterocycles. The van der Waals surface area contributed by atoms with Crippen molar-refractivity contribution in [3.8, 4) is 11.1 Å². The van der Waals surface area contributed by atoms with Gasteiger partial charge in [-0.15, -0.1) is 0 Å². The fourth-order valence-corrected chi connectivity index (χ4v) is 4.27. The number of hydrogen-bond acceptors (Lipinski definition) is 3. The lowest BCUT2D eigenvalue weighted by atomic mass is 9.99. The van der Waals surface area contributed by atoms with Gasteiger partial charge >= 0.3 is 12.2 Å². The lowest BCUT2D eigenvalue weighted by molar-refractivity contribution is -0.137. The third kappa shape index (κ3) is 4.21. The summed E-state index contributed by atoms with van der Waals surface area (Å²) in [5, 5.41) is 2.68. The molecule has 1 N–H and O–H groups in total. The van der Waals surface area contributed by atoms with Gasteiger partial charge in [-0.3, -0.25) is 0 Å². The standard InChI is InChI=1S/C25H19F4N3O2/c26-16-5-3-6-17(14-16)30-24(33)32-12-4-9-21(32)23-31-20-13-15(10-11-22(20)34-23)18-7-1-2-8-19(18)25(27,28)29/h1-3,5-8,10-11,13-14,21H,4,9,12H2,(H,30,33)/t21-/m0/s1. The summed E-state index contributed by atoms with van der Waals surface area (Å²) >= 11 is 0. The molecular formula is C25H19F4N3O2. The van der Waals surface area contributed by atoms with Crippen molar-refractivity contribution in [2.24, 2.45) is 0 Å². The molecule has 0 radical (unpaired) electrons. The highest BCUT2D eigenvalue weighted by Crippen LogP contribution is 2.39. The average Bonchev–Trinajstić information content (AvgIpc) is 3.45. The maximum Gasteiger partial charge on any atom is 0.417 e. The summed E-state index contributed by atoms with van der Waals surface area (Å²) in [5.74, 6) is -0.152. The van der Waals surface area contributed by atoms with Crippen LogP contribution in [0.3, 0.4) is 0 Å². The lowest BCUT2D eigenvalue weighted by Crippen LogP contribution is -2.34. The Kier molecular flexibility index (Phi) is 5.47. The number of carbonyl (C=O) groups is 1. The van der Waals surface area contributed by atoms with E-state index in [2.05, 4.69) is 10.3 Å². The third-order valence-corrected chi connectivity index (χ3v) is 5.82. The number of nitrogens with zero attached hydrogens (tertiary/aromatic N) is 2. The maximum absolute atomic E-state index is 13.5. The molecule has 1 aliphatic rings. The lowest BCUT2D eigenvalue weighted by Gasteiger charge is -2.22. The van der Waals surface area contributed by atoms with Crippen LogP contribution in [0.4, 0.5) is 28.0 Å². The van der Waals surface area contributed by atoms with Crippen molar-refractivity contribution in [1.82, 2.24) is 9.88 Å². The summed E-state index contributed by atoms with van der Waals surface area (Å²) in [6.45, 7) is 0.467. The summed E-state index contributed by atoms with van der Waals surface area (Å²) in [6, 6.07) is 14.8. The van der Waals surface area contributed by atoms with Gasteiger partial charge in [0.05, 0.1) is 5.56 Å². The second-order valence-electron chi connectivity index (χ2n) is 8.07. The number of carbonyl (C=O) groups excluding carboxylic acids is 1. The molecule has 0 unspecified atom stereocenters. The van der Waals surface area contributed by atoms with Crippen molar-refractivity contribution in [2.75, 3.05) is 11.9 Å². The number of fused-ring (bicyclic) bond motifs is 1. The van der Waals surface area contributed by atoms with Gasteiger partial charge in [0.2, 0.25) is 5.89 Å². The number of amides is 2. The highest BCUT2D eigenvalue weighted by Gasteiger charge is 2.35. The van der Waals surface area contributed by atoms with Gasteiger partial charge in [-0.25, -0.2) is 14.2 Å². The van der Waals surface area contributed by atoms with Gasteiger partial charge in [0.15, 0.2) is 5.58 Å². The van der Waals surface area contributed by atoms with E-state index in [4.69, 9.17) is 4.42 Å². The van der Waals surface area contributed by atoms with E-state index in [0.29, 0.717) is 41.2 Å². The van der Waals surface area contributed by atoms with Gasteiger partial charge in [0, 0.05) is 12.2 Å². The first-order valence-corrected chi connectivity index (χ1v) is 10.7. The van der Waals surface area contributed by atoms with Crippen LogP contribution < -0.4 is 5.32 Å². The molecule has 5 rings (SSSR count). The molecule has 0 saturated carbocycles. The molecule has 2 amide bonds. The first kappa shape index (κ1) is 21.9. The Morgan fingerprint density at radius 2 is 1.88 bits per heavy atom. The molecule has 1 atom stereocenters. The van der Waals surface area contributed by atoms with Crippen LogP contribution in [-0.2, 0) is 6.18 Å². The zero-order valence-corrected chi connectivity index (χ0v) is 17.8. The Morgan fingerprint density at radius 3 is 2.68 bits per heavy atom. The van der Waals surface area contributed by atoms with Gasteiger partial charge in [0.1, 0.15) is 17.4 Å². The molecule has 0 bridgehead atoms. The van der Waals surface area contributed by atoms with Crippen molar-refractivity contribution in [1.29, 1.82) is 0 Å². The summed E-state index contributed by atoms with van der Waals surface area (Å²) in [6.07, 6.45) is -3.14. The predicted octanol–water partition coefficient (Wildman–Crippen LogP) is 7.02. The Bertz CT molecular complexity index is 1370. The number of hydrogen-bond donors (Lipinski definition) is 1. The number of oxazole rings is 1. The van der Waals surface area contributed by atoms with E-state index in [1.54, 1.807) is 35.2 Å². The molecule has 1 saturated heterocycles. The monoisotopic (exact) mass is 469 g/mol. The van der Waals surface area contributed by atoms with Crippen LogP contribution in [0.2, 0.25) is 0 Å². The first-order valence-electron chi connectivity index (χ1n) is 10.7. The van der Waals surface area contributed by atoms with Crippen LogP contribution in [-0.4, -0.2) is 22.5 Å². The number of rotatable bonds is 3. The van der Waals surface area contributed by atoms with Crippen LogP contribution >= 0.6 is 0 Å². The zero-order valence-electron chi connectivity index (χ0n) is 17.8. The summed E-state index contributed by atoms with van der Waals surface area (Å²) in [4.78, 5) is 18.9. The number of halogens is 4. The largest absolute Gasteiger partial charge is 0.438 e. The van der Waals surface area contributed by atoms with E-state index in [1.807, 2.05) is 0 Å². The van der Waals surface area contributed by atoms with E-state index in [-0.39, 0.29) is 5.56 Å². The van der Waals surface area contributed by atoms with Crippen molar-refractivity contribution in [3.05, 3.63) is 84.0 Å². The van der Waals surface area contributed by atoms with Crippen LogP contribution in [0.15, 0.2) is 71.1 Å². The van der Waals surface area contributed by atoms with Gasteiger partial charge < -0.3 is 14.6 Å². The molecule has 2 heterocycles. The molecule has 174 valence electrons. The van der Waals surface area contributed by atoms with E-state index >= 15 is 0 Å². The average molecular weight is 469 g/mol. The number of anilines is 1. The van der Waals surface area contributed by atoms with Crippen molar-refractivity contribution < 1.29 is 26.8 Å². The van der Waals surface area contributed by atoms with E-state index in [1.165, 1.54) is 30.3 Å². The minimum absolute atomic E-state index is 0.0541. The Labute approximate surface area is 192 Å². The molecule has 0 spiro atoms. The minimum atomic E-state index is -4.49. The molecule has 34 heavy (non-hydrogen) atoms. The highest BCUT2D eigenvalue weighted by molar-refractivity contribution is 5.90. The van der Waals surface area contributed by atoms with Crippen LogP contribution in [0.1, 0.15) is 30.3 Å². The second kappa shape index (κ2) is 8.48. The van der Waals surface area contributed by atoms with Crippen molar-refractivity contribution in [2.45, 2.75) is 25.1 Å². The fourth-order valence-electron chi connectivity index (χ4n) is 4.27. The molecular weight excluding hydrogens is 450 g/mol. The molecule has 4 aromatic rings. The summed E-state index contributed by atoms with van der Waals surface area (Å²) < 4.78 is 59.7. The van der Waals surface area contributed by atoms with Crippen molar-refractivity contribution >= 4 is 22.8 Å². The fraction of sp³-hybridized carbons (Fsp3) is 0.200. The molecule has 3 aromatic carbocycles. The smallest absolute Gasteiger partial charge is 0.417 e. The number of benzene rings is 3. The predicted molar refractivity (Wildman–Crippen MR) is 119 cm³/mol. The topological polar surface area (TPSA) is 58.4 Å². The third-order valence-electron chi connectivity index (χ3n) is 5.82. The van der Waals surface area contributed by atoms with Gasteiger partial charge in [-0.1, -0.05) is 30.3 Å². The number of aromatic nitrogens is 1. The normalized spacial score (nSPS) is 16.2. The zero-order chi connectivity index (χ0) is 23.9. The molecule has 1 aliphatic heterocycles. The SMILES string of the molecule is O=C(Nc1cccc(F)c1)N1CCC[C@H]1c1nc2cc(-c3ccccc3C(F)(F)F)ccc2o1. The van der Waals surface area contributed by atoms with Crippen LogP contribution in [0, 0.1) is 5.82 Å². The Morgan fingerprint density at radius 1 is 1.06 bits per heavy atom. The van der Waals surface area contributed by atoms with Crippen molar-refractivity contribution in [3.63, 3.8) is 0 Å².